The Morgan fingerprint density at radius 2 is 0.471 bits per heavy atom. The predicted octanol–water partition coefficient (Wildman–Crippen LogP) is 23.9. The number of aromatic nitrogens is 8. The Labute approximate surface area is 595 Å². The van der Waals surface area contributed by atoms with Gasteiger partial charge in [-0.2, -0.15) is 5.26 Å². The number of nitrogens with zero attached hydrogens (tertiary/aromatic N) is 9. The molecular weight excluding hydrogens is 1270 g/mol. The van der Waals surface area contributed by atoms with Crippen LogP contribution in [0.3, 0.4) is 0 Å². The summed E-state index contributed by atoms with van der Waals surface area (Å²) in [5.74, 6) is 0.559. The van der Waals surface area contributed by atoms with E-state index in [0.717, 1.165) is 139 Å². The molecule has 0 N–H and O–H groups in total. The number of hydrogen-bond donors (Lipinski definition) is 0. The Morgan fingerprint density at radius 3 is 0.779 bits per heavy atom. The summed E-state index contributed by atoms with van der Waals surface area (Å²) in [6, 6.07) is 127. The van der Waals surface area contributed by atoms with E-state index in [2.05, 4.69) is 343 Å². The molecule has 0 bridgehead atoms. The Hall–Kier alpha value is -14.3. The van der Waals surface area contributed by atoms with Crippen LogP contribution in [0.25, 0.3) is 199 Å². The van der Waals surface area contributed by atoms with Gasteiger partial charge in [0.2, 0.25) is 0 Å². The van der Waals surface area contributed by atoms with Crippen molar-refractivity contribution in [1.29, 1.82) is 5.26 Å². The lowest BCUT2D eigenvalue weighted by Gasteiger charge is -2.20. The maximum Gasteiger partial charge on any atom is 0.160 e. The smallest absolute Gasteiger partial charge is 0.160 e. The van der Waals surface area contributed by atoms with Crippen LogP contribution in [0.5, 0.6) is 0 Å². The van der Waals surface area contributed by atoms with Crippen LogP contribution in [0.1, 0.15) is 5.56 Å². The van der Waals surface area contributed by atoms with Crippen molar-refractivity contribution in [3.63, 3.8) is 0 Å². The average molecular weight is 1320 g/mol. The van der Waals surface area contributed by atoms with Crippen LogP contribution < -0.4 is 0 Å². The maximum atomic E-state index is 12.1. The van der Waals surface area contributed by atoms with Crippen LogP contribution in [0.4, 0.5) is 0 Å². The molecule has 0 radical (unpaired) electrons. The predicted molar refractivity (Wildman–Crippen MR) is 429 cm³/mol. The summed E-state index contributed by atoms with van der Waals surface area (Å²) >= 11 is 0. The lowest BCUT2D eigenvalue weighted by Crippen LogP contribution is -2.06. The summed E-state index contributed by atoms with van der Waals surface area (Å²) in [5, 5.41) is 25.9. The minimum atomic E-state index is 0.461. The number of para-hydroxylation sites is 8. The molecule has 7 heterocycles. The highest BCUT2D eigenvalue weighted by molar-refractivity contribution is 6.17. The topological polar surface area (TPSA) is 79.1 Å². The molecule has 0 unspecified atom stereocenters. The van der Waals surface area contributed by atoms with E-state index in [9.17, 15) is 5.26 Å². The molecule has 9 nitrogen and oxygen atoms in total. The third-order valence-electron chi connectivity index (χ3n) is 21.6. The van der Waals surface area contributed by atoms with Crippen molar-refractivity contribution in [3.05, 3.63) is 351 Å². The summed E-state index contributed by atoms with van der Waals surface area (Å²) in [7, 11) is 0. The molecule has 22 aromatic rings. The molecule has 0 saturated carbocycles. The molecule has 0 amide bonds. The first kappa shape index (κ1) is 57.6. The van der Waals surface area contributed by atoms with Gasteiger partial charge in [-0.15, -0.1) is 0 Å². The lowest BCUT2D eigenvalue weighted by atomic mass is 10.00. The summed E-state index contributed by atoms with van der Waals surface area (Å²) in [6.45, 7) is 0. The Kier molecular flexibility index (Phi) is 12.4. The molecule has 104 heavy (non-hydrogen) atoms. The van der Waals surface area contributed by atoms with Crippen LogP contribution in [0, 0.1) is 11.3 Å². The van der Waals surface area contributed by atoms with Crippen LogP contribution in [-0.4, -0.2) is 37.4 Å². The second-order valence-corrected chi connectivity index (χ2v) is 27.1. The fourth-order valence-corrected chi connectivity index (χ4v) is 17.2. The van der Waals surface area contributed by atoms with E-state index in [4.69, 9.17) is 9.97 Å². The van der Waals surface area contributed by atoms with Crippen molar-refractivity contribution < 1.29 is 0 Å². The highest BCUT2D eigenvalue weighted by Gasteiger charge is 2.27. The Morgan fingerprint density at radius 1 is 0.212 bits per heavy atom. The SMILES string of the molecule is N#Cc1cc(-n2c3ccc(-n4c5ccccc5c5ccccc54)cc3c3cc(-n4c5ccccc5c5ccccc54)ccc32)c(-n2c3ccc(-n4c5ccccc5c5ccccc54)cc3c3cc(-n4c5ccccc5c5ccccc54)ccc32)cc1-c1cc(-c2ccccc2)nc(-c2ccccc2)n1. The fraction of sp³-hybridized carbons (Fsp3) is 0. The maximum absolute atomic E-state index is 12.1. The quantitative estimate of drug-likeness (QED) is 0.144. The van der Waals surface area contributed by atoms with Crippen LogP contribution in [0.2, 0.25) is 0 Å². The van der Waals surface area contributed by atoms with E-state index in [0.29, 0.717) is 22.6 Å². The molecule has 9 heteroatoms. The molecule has 7 aromatic heterocycles. The van der Waals surface area contributed by atoms with E-state index in [1.807, 2.05) is 36.4 Å². The molecule has 0 aliphatic carbocycles. The normalized spacial score (nSPS) is 12.0. The van der Waals surface area contributed by atoms with Crippen molar-refractivity contribution in [3.8, 4) is 74.1 Å². The minimum absolute atomic E-state index is 0.461. The minimum Gasteiger partial charge on any atom is -0.309 e. The molecule has 0 aliphatic rings. The largest absolute Gasteiger partial charge is 0.309 e. The fourth-order valence-electron chi connectivity index (χ4n) is 17.2. The Bertz CT molecular complexity index is 6820. The van der Waals surface area contributed by atoms with Crippen molar-refractivity contribution in [2.24, 2.45) is 0 Å². The summed E-state index contributed by atoms with van der Waals surface area (Å²) in [4.78, 5) is 10.8. The molecule has 0 saturated heterocycles. The molecule has 0 fully saturated rings. The van der Waals surface area contributed by atoms with Gasteiger partial charge in [0.15, 0.2) is 5.82 Å². The zero-order chi connectivity index (χ0) is 68.3. The standard InChI is InChI=1S/C95H57N9/c96-58-61-51-93(103-89-47-43-62(99-81-35-15-7-27-66(81)67-28-8-16-36-82(67)99)52-75(89)76-53-63(44-48-90(76)103)100-83-37-17-9-29-68(83)69-30-10-18-38-84(69)100)94(56-74(61)80-57-79(59-23-3-1-4-24-59)97-95(98-80)60-25-5-2-6-26-60)104-91-49-45-64(101-85-39-19-11-31-70(85)71-32-12-20-40-86(71)101)54-77(91)78-55-65(46-50-92(78)104)102-87-41-21-13-33-72(87)73-34-14-22-42-88(73)102/h1-57H. The van der Waals surface area contributed by atoms with E-state index >= 15 is 0 Å². The summed E-state index contributed by atoms with van der Waals surface area (Å²) < 4.78 is 14.5. The number of benzene rings is 15. The van der Waals surface area contributed by atoms with Crippen molar-refractivity contribution in [1.82, 2.24) is 37.4 Å². The third-order valence-corrected chi connectivity index (χ3v) is 21.6. The van der Waals surface area contributed by atoms with E-state index in [1.165, 1.54) is 43.1 Å². The number of nitriles is 1. The van der Waals surface area contributed by atoms with Crippen LogP contribution in [0.15, 0.2) is 346 Å². The van der Waals surface area contributed by atoms with Crippen molar-refractivity contribution in [2.45, 2.75) is 0 Å². The van der Waals surface area contributed by atoms with Gasteiger partial charge in [-0.1, -0.05) is 206 Å². The third kappa shape index (κ3) is 8.42. The lowest BCUT2D eigenvalue weighted by molar-refractivity contribution is 1.09. The zero-order valence-corrected chi connectivity index (χ0v) is 55.9. The molecular formula is C95H57N9. The zero-order valence-electron chi connectivity index (χ0n) is 55.9. The van der Waals surface area contributed by atoms with E-state index in [1.54, 1.807) is 0 Å². The van der Waals surface area contributed by atoms with Gasteiger partial charge >= 0.3 is 0 Å². The van der Waals surface area contributed by atoms with Gasteiger partial charge in [0.25, 0.3) is 0 Å². The van der Waals surface area contributed by atoms with Gasteiger partial charge in [-0.3, -0.25) is 0 Å². The van der Waals surface area contributed by atoms with Crippen molar-refractivity contribution in [2.75, 3.05) is 0 Å². The van der Waals surface area contributed by atoms with Gasteiger partial charge < -0.3 is 27.4 Å². The van der Waals surface area contributed by atoms with E-state index < -0.39 is 0 Å². The van der Waals surface area contributed by atoms with Gasteiger partial charge in [-0.25, -0.2) is 9.97 Å². The van der Waals surface area contributed by atoms with Gasteiger partial charge in [0, 0.05) is 104 Å². The second-order valence-electron chi connectivity index (χ2n) is 27.1. The highest BCUT2D eigenvalue weighted by Crippen LogP contribution is 2.46. The first-order chi connectivity index (χ1) is 51.6. The van der Waals surface area contributed by atoms with Crippen LogP contribution >= 0.6 is 0 Å². The molecule has 0 spiro atoms. The number of fused-ring (bicyclic) bond motifs is 18. The molecule has 22 rings (SSSR count). The summed E-state index contributed by atoms with van der Waals surface area (Å²) in [6.07, 6.45) is 0. The molecule has 15 aromatic carbocycles. The van der Waals surface area contributed by atoms with Gasteiger partial charge in [-0.05, 0) is 140 Å². The molecule has 0 atom stereocenters. The van der Waals surface area contributed by atoms with Gasteiger partial charge in [0.05, 0.1) is 101 Å². The molecule has 482 valence electrons. The monoisotopic (exact) mass is 1320 g/mol. The Balaban J connectivity index is 0.879. The van der Waals surface area contributed by atoms with Crippen molar-refractivity contribution >= 4 is 131 Å². The van der Waals surface area contributed by atoms with E-state index in [-0.39, 0.29) is 0 Å². The number of rotatable bonds is 9. The first-order valence-corrected chi connectivity index (χ1v) is 35.3. The summed E-state index contributed by atoms with van der Waals surface area (Å²) in [5.41, 5.74) is 23.1. The molecule has 0 aliphatic heterocycles. The first-order valence-electron chi connectivity index (χ1n) is 35.3. The highest BCUT2D eigenvalue weighted by atomic mass is 15.1. The average Bonchev–Trinajstić information content (AvgIpc) is 1.54. The van der Waals surface area contributed by atoms with Crippen LogP contribution in [-0.2, 0) is 0 Å². The van der Waals surface area contributed by atoms with Gasteiger partial charge in [0.1, 0.15) is 0 Å². The number of hydrogen-bond acceptors (Lipinski definition) is 3. The second kappa shape index (κ2) is 22.3.